The summed E-state index contributed by atoms with van der Waals surface area (Å²) in [7, 11) is 2.89. The number of amides is 1. The van der Waals surface area contributed by atoms with Gasteiger partial charge in [-0.25, -0.2) is 4.79 Å². The highest BCUT2D eigenvalue weighted by Crippen LogP contribution is 2.38. The van der Waals surface area contributed by atoms with Crippen molar-refractivity contribution in [2.75, 3.05) is 20.8 Å². The standard InChI is InChI=1S/C19H34N2O5/c1-18(2,3)16-13(9-10-15(22)24-7)14(20-25-8)11-12-21(16)17(23)26-19(4,5)6/h13,16H,9-12H2,1-8H3/b20-14-. The van der Waals surface area contributed by atoms with Crippen LogP contribution in [0.15, 0.2) is 5.16 Å². The monoisotopic (exact) mass is 370 g/mol. The van der Waals surface area contributed by atoms with E-state index in [1.54, 1.807) is 4.90 Å². The molecule has 0 saturated carbocycles. The number of oxime groups is 1. The maximum Gasteiger partial charge on any atom is 0.410 e. The minimum Gasteiger partial charge on any atom is -0.469 e. The predicted molar refractivity (Wildman–Crippen MR) is 100.0 cm³/mol. The second-order valence-corrected chi connectivity index (χ2v) is 8.72. The third kappa shape index (κ3) is 6.18. The number of nitrogens with zero attached hydrogens (tertiary/aromatic N) is 2. The molecule has 2 unspecified atom stereocenters. The van der Waals surface area contributed by atoms with Gasteiger partial charge in [0, 0.05) is 31.3 Å². The normalized spacial score (nSPS) is 22.9. The number of ether oxygens (including phenoxy) is 2. The summed E-state index contributed by atoms with van der Waals surface area (Å²) >= 11 is 0. The number of rotatable bonds is 4. The smallest absolute Gasteiger partial charge is 0.410 e. The van der Waals surface area contributed by atoms with Gasteiger partial charge in [-0.05, 0) is 32.6 Å². The van der Waals surface area contributed by atoms with Gasteiger partial charge >= 0.3 is 12.1 Å². The van der Waals surface area contributed by atoms with Crippen LogP contribution in [-0.2, 0) is 19.1 Å². The molecule has 150 valence electrons. The summed E-state index contributed by atoms with van der Waals surface area (Å²) in [6, 6.07) is -0.162. The van der Waals surface area contributed by atoms with E-state index in [1.165, 1.54) is 14.2 Å². The highest BCUT2D eigenvalue weighted by Gasteiger charge is 2.45. The molecule has 1 heterocycles. The molecule has 0 aliphatic carbocycles. The van der Waals surface area contributed by atoms with Crippen LogP contribution in [0.2, 0.25) is 0 Å². The molecule has 2 atom stereocenters. The highest BCUT2D eigenvalue weighted by atomic mass is 16.6. The van der Waals surface area contributed by atoms with Gasteiger partial charge in [-0.1, -0.05) is 25.9 Å². The highest BCUT2D eigenvalue weighted by molar-refractivity contribution is 5.90. The van der Waals surface area contributed by atoms with Crippen LogP contribution in [-0.4, -0.2) is 55.1 Å². The van der Waals surface area contributed by atoms with Crippen molar-refractivity contribution in [3.63, 3.8) is 0 Å². The average Bonchev–Trinajstić information content (AvgIpc) is 2.50. The van der Waals surface area contributed by atoms with E-state index >= 15 is 0 Å². The van der Waals surface area contributed by atoms with Gasteiger partial charge in [0.2, 0.25) is 0 Å². The fourth-order valence-electron chi connectivity index (χ4n) is 3.49. The molecule has 7 nitrogen and oxygen atoms in total. The zero-order valence-electron chi connectivity index (χ0n) is 17.4. The molecule has 1 saturated heterocycles. The van der Waals surface area contributed by atoms with Gasteiger partial charge in [0.15, 0.2) is 0 Å². The largest absolute Gasteiger partial charge is 0.469 e. The average molecular weight is 370 g/mol. The van der Waals surface area contributed by atoms with Crippen molar-refractivity contribution in [3.8, 4) is 0 Å². The van der Waals surface area contributed by atoms with E-state index < -0.39 is 5.60 Å². The molecule has 0 aromatic carbocycles. The lowest BCUT2D eigenvalue weighted by atomic mass is 9.71. The SMILES string of the molecule is CO/N=C1/CCN(C(=O)OC(C)(C)C)C(C(C)(C)C)C1CCC(=O)OC. The Labute approximate surface area is 157 Å². The van der Waals surface area contributed by atoms with Crippen LogP contribution in [0.5, 0.6) is 0 Å². The Balaban J connectivity index is 3.19. The van der Waals surface area contributed by atoms with Crippen molar-refractivity contribution in [2.45, 2.75) is 72.4 Å². The number of carbonyl (C=O) groups is 2. The summed E-state index contributed by atoms with van der Waals surface area (Å²) in [5.74, 6) is -0.376. The molecule has 1 rings (SSSR count). The van der Waals surface area contributed by atoms with Crippen molar-refractivity contribution in [2.24, 2.45) is 16.5 Å². The zero-order chi connectivity index (χ0) is 20.1. The summed E-state index contributed by atoms with van der Waals surface area (Å²) in [6.45, 7) is 12.3. The first-order chi connectivity index (χ1) is 11.9. The van der Waals surface area contributed by atoms with Crippen LogP contribution >= 0.6 is 0 Å². The quantitative estimate of drug-likeness (QED) is 0.558. The molecule has 0 N–H and O–H groups in total. The lowest BCUT2D eigenvalue weighted by Crippen LogP contribution is -2.58. The van der Waals surface area contributed by atoms with E-state index in [1.807, 2.05) is 20.8 Å². The van der Waals surface area contributed by atoms with Crippen molar-refractivity contribution in [3.05, 3.63) is 0 Å². The Morgan fingerprint density at radius 3 is 2.23 bits per heavy atom. The van der Waals surface area contributed by atoms with Gasteiger partial charge in [0.25, 0.3) is 0 Å². The number of hydrogen-bond donors (Lipinski definition) is 0. The van der Waals surface area contributed by atoms with Crippen LogP contribution in [0.25, 0.3) is 0 Å². The summed E-state index contributed by atoms with van der Waals surface area (Å²) in [5.41, 5.74) is 0.0743. The molecule has 0 aromatic heterocycles. The van der Waals surface area contributed by atoms with E-state index in [4.69, 9.17) is 14.3 Å². The first kappa shape index (κ1) is 22.3. The van der Waals surface area contributed by atoms with E-state index in [9.17, 15) is 9.59 Å². The van der Waals surface area contributed by atoms with Crippen molar-refractivity contribution < 1.29 is 23.9 Å². The van der Waals surface area contributed by atoms with Crippen LogP contribution in [0.4, 0.5) is 4.79 Å². The van der Waals surface area contributed by atoms with Gasteiger partial charge in [-0.3, -0.25) is 4.79 Å². The molecule has 26 heavy (non-hydrogen) atoms. The molecule has 1 aliphatic rings. The molecule has 0 spiro atoms. The van der Waals surface area contributed by atoms with E-state index in [2.05, 4.69) is 25.9 Å². The Kier molecular flexibility index (Phi) is 7.47. The molecular formula is C19H34N2O5. The molecule has 0 radical (unpaired) electrons. The topological polar surface area (TPSA) is 77.4 Å². The van der Waals surface area contributed by atoms with Crippen LogP contribution in [0.1, 0.15) is 60.8 Å². The number of hydrogen-bond acceptors (Lipinski definition) is 6. The van der Waals surface area contributed by atoms with E-state index in [0.717, 1.165) is 5.71 Å². The minimum absolute atomic E-state index is 0.102. The maximum atomic E-state index is 12.8. The minimum atomic E-state index is -0.568. The fraction of sp³-hybridized carbons (Fsp3) is 0.842. The Morgan fingerprint density at radius 1 is 1.15 bits per heavy atom. The third-order valence-electron chi connectivity index (χ3n) is 4.36. The molecule has 1 fully saturated rings. The molecule has 7 heteroatoms. The molecule has 0 aromatic rings. The fourth-order valence-corrected chi connectivity index (χ4v) is 3.49. The second-order valence-electron chi connectivity index (χ2n) is 8.72. The molecule has 1 amide bonds. The Hall–Kier alpha value is -1.79. The first-order valence-corrected chi connectivity index (χ1v) is 9.07. The van der Waals surface area contributed by atoms with Crippen molar-refractivity contribution >= 4 is 17.8 Å². The van der Waals surface area contributed by atoms with E-state index in [-0.39, 0.29) is 35.9 Å². The first-order valence-electron chi connectivity index (χ1n) is 9.07. The number of carbonyl (C=O) groups excluding carboxylic acids is 2. The third-order valence-corrected chi connectivity index (χ3v) is 4.36. The maximum absolute atomic E-state index is 12.8. The summed E-state index contributed by atoms with van der Waals surface area (Å²) in [4.78, 5) is 31.3. The summed E-state index contributed by atoms with van der Waals surface area (Å²) < 4.78 is 10.4. The van der Waals surface area contributed by atoms with Crippen LogP contribution in [0, 0.1) is 11.3 Å². The van der Waals surface area contributed by atoms with Gasteiger partial charge in [0.05, 0.1) is 12.8 Å². The lowest BCUT2D eigenvalue weighted by molar-refractivity contribution is -0.141. The number of methoxy groups -OCH3 is 1. The van der Waals surface area contributed by atoms with Gasteiger partial charge < -0.3 is 19.2 Å². The number of likely N-dealkylation sites (tertiary alicyclic amines) is 1. The zero-order valence-corrected chi connectivity index (χ0v) is 17.4. The van der Waals surface area contributed by atoms with E-state index in [0.29, 0.717) is 19.4 Å². The van der Waals surface area contributed by atoms with Gasteiger partial charge in [-0.15, -0.1) is 0 Å². The number of piperidine rings is 1. The number of esters is 1. The molecule has 1 aliphatic heterocycles. The van der Waals surface area contributed by atoms with Crippen LogP contribution in [0.3, 0.4) is 0 Å². The van der Waals surface area contributed by atoms with Gasteiger partial charge in [0.1, 0.15) is 12.7 Å². The van der Waals surface area contributed by atoms with Crippen molar-refractivity contribution in [1.29, 1.82) is 0 Å². The molecular weight excluding hydrogens is 336 g/mol. The second kappa shape index (κ2) is 8.73. The summed E-state index contributed by atoms with van der Waals surface area (Å²) in [6.07, 6.45) is 1.05. The molecule has 0 bridgehead atoms. The predicted octanol–water partition coefficient (Wildman–Crippen LogP) is 3.61. The van der Waals surface area contributed by atoms with Gasteiger partial charge in [-0.2, -0.15) is 0 Å². The Morgan fingerprint density at radius 2 is 1.77 bits per heavy atom. The lowest BCUT2D eigenvalue weighted by Gasteiger charge is -2.48. The summed E-state index contributed by atoms with van der Waals surface area (Å²) in [5, 5.41) is 4.19. The van der Waals surface area contributed by atoms with Crippen LogP contribution < -0.4 is 0 Å². The Bertz CT molecular complexity index is 531. The van der Waals surface area contributed by atoms with Crippen molar-refractivity contribution in [1.82, 2.24) is 4.90 Å².